The largest absolute Gasteiger partial charge is 0.495 e. The highest BCUT2D eigenvalue weighted by molar-refractivity contribution is 5.51. The van der Waals surface area contributed by atoms with Crippen molar-refractivity contribution < 1.29 is 9.47 Å². The van der Waals surface area contributed by atoms with Gasteiger partial charge in [-0.25, -0.2) is 4.98 Å². The molecule has 0 atom stereocenters. The number of hydrogen-bond donors (Lipinski definition) is 2. The Kier molecular flexibility index (Phi) is 5.76. The van der Waals surface area contributed by atoms with Crippen molar-refractivity contribution >= 4 is 11.8 Å². The molecule has 2 rings (SSSR count). The van der Waals surface area contributed by atoms with E-state index in [9.17, 15) is 0 Å². The van der Waals surface area contributed by atoms with Crippen LogP contribution in [0.4, 0.5) is 11.8 Å². The van der Waals surface area contributed by atoms with Crippen LogP contribution in [0.25, 0.3) is 0 Å². The van der Waals surface area contributed by atoms with Gasteiger partial charge in [-0.3, -0.25) is 4.98 Å². The van der Waals surface area contributed by atoms with Crippen molar-refractivity contribution in [2.75, 3.05) is 24.7 Å². The highest BCUT2D eigenvalue weighted by Gasteiger charge is 2.10. The molecule has 0 spiro atoms. The van der Waals surface area contributed by atoms with E-state index in [4.69, 9.17) is 15.2 Å². The van der Waals surface area contributed by atoms with Gasteiger partial charge in [0.05, 0.1) is 13.3 Å². The zero-order chi connectivity index (χ0) is 15.8. The summed E-state index contributed by atoms with van der Waals surface area (Å²) >= 11 is 0. The lowest BCUT2D eigenvalue weighted by Crippen LogP contribution is -2.09. The van der Waals surface area contributed by atoms with Crippen LogP contribution in [0, 0.1) is 0 Å². The van der Waals surface area contributed by atoms with Gasteiger partial charge in [0.1, 0.15) is 18.1 Å². The molecule has 0 aliphatic rings. The van der Waals surface area contributed by atoms with Gasteiger partial charge in [-0.2, -0.15) is 4.98 Å². The molecule has 2 aromatic heterocycles. The monoisotopic (exact) mass is 303 g/mol. The van der Waals surface area contributed by atoms with Gasteiger partial charge in [0, 0.05) is 12.7 Å². The van der Waals surface area contributed by atoms with E-state index in [1.807, 2.05) is 12.1 Å². The van der Waals surface area contributed by atoms with Crippen LogP contribution in [-0.4, -0.2) is 28.6 Å². The van der Waals surface area contributed by atoms with Crippen molar-refractivity contribution in [3.8, 4) is 11.5 Å². The third kappa shape index (κ3) is 4.21. The van der Waals surface area contributed by atoms with Crippen LogP contribution < -0.4 is 20.5 Å². The van der Waals surface area contributed by atoms with Gasteiger partial charge in [-0.05, 0) is 18.6 Å². The van der Waals surface area contributed by atoms with Gasteiger partial charge in [0.25, 0.3) is 0 Å². The maximum Gasteiger partial charge on any atom is 0.222 e. The van der Waals surface area contributed by atoms with Gasteiger partial charge in [0.15, 0.2) is 11.6 Å². The molecule has 118 valence electrons. The molecule has 0 aromatic carbocycles. The van der Waals surface area contributed by atoms with Crippen LogP contribution in [0.3, 0.4) is 0 Å². The molecular weight excluding hydrogens is 282 g/mol. The second-order valence-electron chi connectivity index (χ2n) is 4.66. The maximum atomic E-state index is 5.77. The van der Waals surface area contributed by atoms with Crippen molar-refractivity contribution in [3.63, 3.8) is 0 Å². The molecule has 0 unspecified atom stereocenters. The van der Waals surface area contributed by atoms with Crippen LogP contribution in [0.5, 0.6) is 11.5 Å². The number of pyridine rings is 1. The van der Waals surface area contributed by atoms with Crippen molar-refractivity contribution in [1.29, 1.82) is 0 Å². The molecule has 2 heterocycles. The Morgan fingerprint density at radius 3 is 2.91 bits per heavy atom. The summed E-state index contributed by atoms with van der Waals surface area (Å²) in [5, 5.41) is 3.21. The van der Waals surface area contributed by atoms with Crippen LogP contribution in [-0.2, 0) is 6.61 Å². The Morgan fingerprint density at radius 2 is 2.14 bits per heavy atom. The van der Waals surface area contributed by atoms with E-state index in [1.165, 1.54) is 0 Å². The SMILES string of the molecule is CCCCNc1nc(N)ncc1OCc1ncccc1OC. The third-order valence-corrected chi connectivity index (χ3v) is 3.03. The predicted octanol–water partition coefficient (Wildman–Crippen LogP) is 2.25. The molecule has 0 bridgehead atoms. The molecule has 7 nitrogen and oxygen atoms in total. The first kappa shape index (κ1) is 15.8. The minimum atomic E-state index is 0.210. The number of unbranched alkanes of at least 4 members (excludes halogenated alkanes) is 1. The number of rotatable bonds is 8. The highest BCUT2D eigenvalue weighted by atomic mass is 16.5. The van der Waals surface area contributed by atoms with Gasteiger partial charge in [-0.1, -0.05) is 13.3 Å². The number of hydrogen-bond acceptors (Lipinski definition) is 7. The average Bonchev–Trinajstić information content (AvgIpc) is 2.54. The fourth-order valence-corrected chi connectivity index (χ4v) is 1.86. The normalized spacial score (nSPS) is 10.3. The molecule has 0 radical (unpaired) electrons. The van der Waals surface area contributed by atoms with Gasteiger partial charge in [0.2, 0.25) is 5.95 Å². The number of anilines is 2. The van der Waals surface area contributed by atoms with E-state index in [1.54, 1.807) is 19.5 Å². The van der Waals surface area contributed by atoms with E-state index >= 15 is 0 Å². The zero-order valence-corrected chi connectivity index (χ0v) is 12.9. The van der Waals surface area contributed by atoms with Crippen molar-refractivity contribution in [1.82, 2.24) is 15.0 Å². The smallest absolute Gasteiger partial charge is 0.222 e. The van der Waals surface area contributed by atoms with Gasteiger partial charge >= 0.3 is 0 Å². The summed E-state index contributed by atoms with van der Waals surface area (Å²) < 4.78 is 11.0. The fourth-order valence-electron chi connectivity index (χ4n) is 1.86. The second-order valence-corrected chi connectivity index (χ2v) is 4.66. The summed E-state index contributed by atoms with van der Waals surface area (Å²) in [6, 6.07) is 3.65. The first-order valence-corrected chi connectivity index (χ1v) is 7.21. The van der Waals surface area contributed by atoms with E-state index in [0.717, 1.165) is 19.4 Å². The Hall–Kier alpha value is -2.57. The summed E-state index contributed by atoms with van der Waals surface area (Å²) in [5.41, 5.74) is 6.34. The van der Waals surface area contributed by atoms with Crippen LogP contribution in [0.1, 0.15) is 25.5 Å². The first-order valence-electron chi connectivity index (χ1n) is 7.21. The first-order chi connectivity index (χ1) is 10.7. The maximum absolute atomic E-state index is 5.77. The van der Waals surface area contributed by atoms with Crippen molar-refractivity contribution in [2.45, 2.75) is 26.4 Å². The molecule has 0 saturated carbocycles. The summed E-state index contributed by atoms with van der Waals surface area (Å²) in [5.74, 6) is 2.02. The summed E-state index contributed by atoms with van der Waals surface area (Å²) in [7, 11) is 1.60. The molecular formula is C15H21N5O2. The predicted molar refractivity (Wildman–Crippen MR) is 85.0 cm³/mol. The van der Waals surface area contributed by atoms with Crippen molar-refractivity contribution in [3.05, 3.63) is 30.2 Å². The Morgan fingerprint density at radius 1 is 1.27 bits per heavy atom. The lowest BCUT2D eigenvalue weighted by atomic mass is 10.3. The average molecular weight is 303 g/mol. The van der Waals surface area contributed by atoms with E-state index in [-0.39, 0.29) is 12.6 Å². The van der Waals surface area contributed by atoms with E-state index in [2.05, 4.69) is 27.2 Å². The topological polar surface area (TPSA) is 95.2 Å². The molecule has 7 heteroatoms. The minimum absolute atomic E-state index is 0.210. The van der Waals surface area contributed by atoms with Gasteiger partial charge in [-0.15, -0.1) is 0 Å². The molecule has 22 heavy (non-hydrogen) atoms. The minimum Gasteiger partial charge on any atom is -0.495 e. The number of methoxy groups -OCH3 is 1. The number of nitrogens with one attached hydrogen (secondary N) is 1. The van der Waals surface area contributed by atoms with E-state index in [0.29, 0.717) is 23.0 Å². The van der Waals surface area contributed by atoms with Gasteiger partial charge < -0.3 is 20.5 Å². The number of nitrogens with zero attached hydrogens (tertiary/aromatic N) is 3. The Balaban J connectivity index is 2.08. The quantitative estimate of drug-likeness (QED) is 0.722. The van der Waals surface area contributed by atoms with E-state index < -0.39 is 0 Å². The zero-order valence-electron chi connectivity index (χ0n) is 12.9. The number of nitrogens with two attached hydrogens (primary N) is 1. The number of aromatic nitrogens is 3. The van der Waals surface area contributed by atoms with Crippen molar-refractivity contribution in [2.24, 2.45) is 0 Å². The number of nitrogen functional groups attached to an aromatic ring is 1. The number of ether oxygens (including phenoxy) is 2. The molecule has 0 saturated heterocycles. The lowest BCUT2D eigenvalue weighted by Gasteiger charge is -2.13. The van der Waals surface area contributed by atoms with Crippen LogP contribution in [0.15, 0.2) is 24.5 Å². The lowest BCUT2D eigenvalue weighted by molar-refractivity contribution is 0.290. The molecule has 0 amide bonds. The van der Waals surface area contributed by atoms with Crippen LogP contribution >= 0.6 is 0 Å². The summed E-state index contributed by atoms with van der Waals surface area (Å²) in [6.45, 7) is 3.19. The molecule has 0 aliphatic heterocycles. The standard InChI is InChI=1S/C15H21N5O2/c1-3-4-7-18-14-13(9-19-15(16)20-14)22-10-11-12(21-2)6-5-8-17-11/h5-6,8-9H,3-4,7,10H2,1-2H3,(H3,16,18,19,20). The Labute approximate surface area is 129 Å². The molecule has 3 N–H and O–H groups in total. The van der Waals surface area contributed by atoms with Crippen LogP contribution in [0.2, 0.25) is 0 Å². The fraction of sp³-hybridized carbons (Fsp3) is 0.400. The third-order valence-electron chi connectivity index (χ3n) is 3.03. The highest BCUT2D eigenvalue weighted by Crippen LogP contribution is 2.24. The molecule has 2 aromatic rings. The summed E-state index contributed by atoms with van der Waals surface area (Å²) in [4.78, 5) is 12.4. The molecule has 0 aliphatic carbocycles. The Bertz CT molecular complexity index is 606. The molecule has 0 fully saturated rings. The summed E-state index contributed by atoms with van der Waals surface area (Å²) in [6.07, 6.45) is 5.39. The second kappa shape index (κ2) is 8.02.